The Labute approximate surface area is 533 Å². The van der Waals surface area contributed by atoms with E-state index in [0.717, 1.165) is 52.4 Å². The lowest BCUT2D eigenvalue weighted by Gasteiger charge is -2.15. The van der Waals surface area contributed by atoms with Crippen molar-refractivity contribution in [3.8, 4) is 47.4 Å². The van der Waals surface area contributed by atoms with E-state index in [2.05, 4.69) is 372 Å². The maximum absolute atomic E-state index is 3.21. The van der Waals surface area contributed by atoms with Crippen LogP contribution in [0.1, 0.15) is 105 Å². The maximum atomic E-state index is 3.21. The molecule has 456 valence electrons. The molecule has 88 heavy (non-hydrogen) atoms. The number of fused-ring (bicyclic) bond motifs is 4. The molecule has 0 radical (unpaired) electrons. The molecule has 0 unspecified atom stereocenters. The topological polar surface area (TPSA) is 13.0 Å². The zero-order valence-corrected chi connectivity index (χ0v) is 56.2. The Balaban J connectivity index is 0.000000214. The van der Waals surface area contributed by atoms with Crippen LogP contribution in [-0.2, 0) is 26.2 Å². The number of hydrogen-bond donors (Lipinski definition) is 0. The summed E-state index contributed by atoms with van der Waals surface area (Å²) in [6.07, 6.45) is 16.4. The van der Waals surface area contributed by atoms with Crippen LogP contribution in [0, 0.1) is 69.0 Å². The van der Waals surface area contributed by atoms with Crippen molar-refractivity contribution in [3.05, 3.63) is 241 Å². The summed E-state index contributed by atoms with van der Waals surface area (Å²) in [5.74, 6) is 25.3. The van der Waals surface area contributed by atoms with Gasteiger partial charge in [0.2, 0.25) is 0 Å². The highest BCUT2D eigenvalue weighted by molar-refractivity contribution is 5.88. The Hall–Kier alpha value is -8.16. The fraction of sp³-hybridized carbons (Fsp3) is 0.333. The first-order valence-corrected chi connectivity index (χ1v) is 31.1. The normalized spacial score (nSPS) is 11.9. The Morgan fingerprint density at radius 1 is 0.261 bits per heavy atom. The molecule has 8 aromatic rings. The standard InChI is InChI=1S/4C21H25N/c4*1-21(2,3)15-8-5-9-16-22(4)17-19-13-10-12-18-11-6-7-14-20(18)19/h4*5-7,9-14H,16-17H2,1-4H3/b4*9-5+. The summed E-state index contributed by atoms with van der Waals surface area (Å²) in [5.41, 5.74) is 5.76. The molecule has 0 fully saturated rings. The first-order valence-electron chi connectivity index (χ1n) is 31.1. The molecule has 0 spiro atoms. The molecule has 0 aliphatic rings. The van der Waals surface area contributed by atoms with Crippen molar-refractivity contribution >= 4 is 43.1 Å². The van der Waals surface area contributed by atoms with Crippen LogP contribution in [0.5, 0.6) is 0 Å². The Morgan fingerprint density at radius 3 is 0.636 bits per heavy atom. The van der Waals surface area contributed by atoms with Gasteiger partial charge < -0.3 is 0 Å². The zero-order chi connectivity index (χ0) is 64.0. The van der Waals surface area contributed by atoms with Crippen LogP contribution in [0.3, 0.4) is 0 Å². The highest BCUT2D eigenvalue weighted by atomic mass is 15.1. The van der Waals surface area contributed by atoms with Crippen LogP contribution >= 0.6 is 0 Å². The lowest BCUT2D eigenvalue weighted by molar-refractivity contribution is 0.365. The second-order valence-electron chi connectivity index (χ2n) is 27.0. The maximum Gasteiger partial charge on any atom is 0.0240 e. The highest BCUT2D eigenvalue weighted by Gasteiger charge is 2.09. The van der Waals surface area contributed by atoms with E-state index in [9.17, 15) is 0 Å². The van der Waals surface area contributed by atoms with Gasteiger partial charge >= 0.3 is 0 Å². The Bertz CT molecular complexity index is 3320. The predicted octanol–water partition coefficient (Wildman–Crippen LogP) is 19.5. The quantitative estimate of drug-likeness (QED) is 0.0894. The molecule has 0 aliphatic heterocycles. The van der Waals surface area contributed by atoms with Gasteiger partial charge in [-0.25, -0.2) is 0 Å². The van der Waals surface area contributed by atoms with E-state index in [4.69, 9.17) is 0 Å². The van der Waals surface area contributed by atoms with Crippen molar-refractivity contribution in [1.29, 1.82) is 0 Å². The molecule has 0 amide bonds. The van der Waals surface area contributed by atoms with Crippen molar-refractivity contribution in [2.75, 3.05) is 54.4 Å². The molecule has 0 saturated heterocycles. The van der Waals surface area contributed by atoms with Crippen molar-refractivity contribution < 1.29 is 0 Å². The molecule has 8 rings (SSSR count). The molecule has 0 aromatic heterocycles. The summed E-state index contributed by atoms with van der Waals surface area (Å²) >= 11 is 0. The average molecular weight is 1170 g/mol. The first-order chi connectivity index (χ1) is 41.8. The predicted molar refractivity (Wildman–Crippen MR) is 387 cm³/mol. The minimum Gasteiger partial charge on any atom is -0.298 e. The summed E-state index contributed by atoms with van der Waals surface area (Å²) in [6.45, 7) is 32.9. The molecule has 4 heteroatoms. The van der Waals surface area contributed by atoms with Crippen molar-refractivity contribution in [2.45, 2.75) is 109 Å². The second kappa shape index (κ2) is 35.6. The number of nitrogens with zero attached hydrogens (tertiary/aromatic N) is 4. The van der Waals surface area contributed by atoms with Gasteiger partial charge in [-0.15, -0.1) is 0 Å². The minimum atomic E-state index is 0.0686. The number of rotatable bonds is 16. The molecule has 0 aliphatic carbocycles. The van der Waals surface area contributed by atoms with Crippen LogP contribution in [0.2, 0.25) is 0 Å². The van der Waals surface area contributed by atoms with E-state index < -0.39 is 0 Å². The second-order valence-corrected chi connectivity index (χ2v) is 27.0. The van der Waals surface area contributed by atoms with E-state index in [1.807, 2.05) is 24.3 Å². The molecular formula is C84H100N4. The lowest BCUT2D eigenvalue weighted by Crippen LogP contribution is -2.17. The highest BCUT2D eigenvalue weighted by Crippen LogP contribution is 2.24. The van der Waals surface area contributed by atoms with Gasteiger partial charge in [-0.3, -0.25) is 19.6 Å². The third-order valence-corrected chi connectivity index (χ3v) is 13.5. The van der Waals surface area contributed by atoms with Crippen LogP contribution in [0.25, 0.3) is 43.1 Å². The fourth-order valence-electron chi connectivity index (χ4n) is 9.34. The fourth-order valence-corrected chi connectivity index (χ4v) is 9.34. The molecule has 0 saturated carbocycles. The van der Waals surface area contributed by atoms with Gasteiger partial charge in [0.1, 0.15) is 0 Å². The third-order valence-electron chi connectivity index (χ3n) is 13.5. The average Bonchev–Trinajstić information content (AvgIpc) is 2.54. The number of allylic oxidation sites excluding steroid dienone is 4. The molecule has 8 aromatic carbocycles. The van der Waals surface area contributed by atoms with Crippen molar-refractivity contribution in [3.63, 3.8) is 0 Å². The van der Waals surface area contributed by atoms with E-state index in [1.165, 1.54) is 65.3 Å². The van der Waals surface area contributed by atoms with Crippen LogP contribution in [0.4, 0.5) is 0 Å². The van der Waals surface area contributed by atoms with Gasteiger partial charge in [-0.05, 0) is 201 Å². The smallest absolute Gasteiger partial charge is 0.0240 e. The van der Waals surface area contributed by atoms with Crippen molar-refractivity contribution in [1.82, 2.24) is 19.6 Å². The summed E-state index contributed by atoms with van der Waals surface area (Å²) in [4.78, 5) is 9.21. The van der Waals surface area contributed by atoms with Gasteiger partial charge in [-0.2, -0.15) is 0 Å². The van der Waals surface area contributed by atoms with E-state index in [0.29, 0.717) is 0 Å². The summed E-state index contributed by atoms with van der Waals surface area (Å²) in [5, 5.41) is 10.6. The molecular weight excluding hydrogens is 1060 g/mol. The number of benzene rings is 8. The SMILES string of the molecule is CN(C/C=C/C#CC(C)(C)C)Cc1cccc2ccccc12.CN(C/C=C/C#CC(C)(C)C)Cc1cccc2ccccc12.CN(C/C=C/C#CC(C)(C)C)Cc1cccc2ccccc12.CN(C/C=C/C#CC(C)(C)C)Cc1cccc2ccccc12. The van der Waals surface area contributed by atoms with Crippen LogP contribution in [-0.4, -0.2) is 74.0 Å². The summed E-state index contributed by atoms with van der Waals surface area (Å²) in [6, 6.07) is 60.3. The van der Waals surface area contributed by atoms with Gasteiger partial charge in [0.15, 0.2) is 0 Å². The van der Waals surface area contributed by atoms with E-state index in [1.54, 1.807) is 0 Å². The van der Waals surface area contributed by atoms with Gasteiger partial charge in [-0.1, -0.05) is 242 Å². The third kappa shape index (κ3) is 28.1. The van der Waals surface area contributed by atoms with E-state index in [-0.39, 0.29) is 21.7 Å². The number of hydrogen-bond acceptors (Lipinski definition) is 4. The monoisotopic (exact) mass is 1160 g/mol. The van der Waals surface area contributed by atoms with E-state index >= 15 is 0 Å². The van der Waals surface area contributed by atoms with Crippen LogP contribution in [0.15, 0.2) is 218 Å². The first kappa shape index (κ1) is 70.6. The Kier molecular flexibility index (Phi) is 28.6. The lowest BCUT2D eigenvalue weighted by atomic mass is 9.98. The largest absolute Gasteiger partial charge is 0.298 e. The van der Waals surface area contributed by atoms with Crippen LogP contribution < -0.4 is 0 Å². The summed E-state index contributed by atoms with van der Waals surface area (Å²) < 4.78 is 0. The minimum absolute atomic E-state index is 0.0686. The zero-order valence-electron chi connectivity index (χ0n) is 56.2. The summed E-state index contributed by atoms with van der Waals surface area (Å²) in [7, 11) is 8.57. The van der Waals surface area contributed by atoms with Gasteiger partial charge in [0.25, 0.3) is 0 Å². The Morgan fingerprint density at radius 2 is 0.443 bits per heavy atom. The van der Waals surface area contributed by atoms with Gasteiger partial charge in [0.05, 0.1) is 0 Å². The molecule has 0 heterocycles. The van der Waals surface area contributed by atoms with Gasteiger partial charge in [0, 0.05) is 74.0 Å². The van der Waals surface area contributed by atoms with Crippen molar-refractivity contribution in [2.24, 2.45) is 21.7 Å². The molecule has 0 N–H and O–H groups in total. The molecule has 0 bridgehead atoms. The number of likely N-dealkylation sites (N-methyl/N-ethyl adjacent to an activating group) is 4. The molecule has 4 nitrogen and oxygen atoms in total. The molecule has 0 atom stereocenters.